The molecule has 2 amide bonds. The Hall–Kier alpha value is -2.11. The summed E-state index contributed by atoms with van der Waals surface area (Å²) in [5, 5.41) is 11.2. The van der Waals surface area contributed by atoms with E-state index in [-0.39, 0.29) is 6.04 Å². The molecular weight excluding hydrogens is 251 g/mol. The highest BCUT2D eigenvalue weighted by molar-refractivity contribution is 5.91. The summed E-state index contributed by atoms with van der Waals surface area (Å²) < 4.78 is 13.2. The monoisotopic (exact) mass is 268 g/mol. The van der Waals surface area contributed by atoms with Gasteiger partial charge in [0.2, 0.25) is 0 Å². The van der Waals surface area contributed by atoms with Crippen molar-refractivity contribution in [2.75, 3.05) is 11.9 Å². The fraction of sp³-hybridized carbons (Fsp3) is 0.385. The number of aryl methyl sites for hydroxylation is 1. The minimum Gasteiger partial charge on any atom is -0.480 e. The molecule has 0 aromatic heterocycles. The summed E-state index contributed by atoms with van der Waals surface area (Å²) in [6.45, 7) is 4.71. The maximum Gasteiger partial charge on any atom is 0.323 e. The first kappa shape index (κ1) is 14.9. The topological polar surface area (TPSA) is 69.6 Å². The lowest BCUT2D eigenvalue weighted by molar-refractivity contribution is -0.137. The zero-order valence-electron chi connectivity index (χ0n) is 11.1. The number of nitrogens with zero attached hydrogens (tertiary/aromatic N) is 1. The molecule has 1 aromatic rings. The van der Waals surface area contributed by atoms with Gasteiger partial charge in [0.05, 0.1) is 0 Å². The van der Waals surface area contributed by atoms with Gasteiger partial charge in [-0.05, 0) is 44.5 Å². The number of anilines is 1. The van der Waals surface area contributed by atoms with Gasteiger partial charge in [-0.15, -0.1) is 0 Å². The number of urea groups is 1. The van der Waals surface area contributed by atoms with E-state index >= 15 is 0 Å². The first-order valence-corrected chi connectivity index (χ1v) is 5.86. The number of rotatable bonds is 4. The molecule has 19 heavy (non-hydrogen) atoms. The lowest BCUT2D eigenvalue weighted by atomic mass is 10.2. The number of amides is 2. The zero-order chi connectivity index (χ0) is 14.6. The predicted molar refractivity (Wildman–Crippen MR) is 69.6 cm³/mol. The minimum atomic E-state index is -1.10. The second-order valence-corrected chi connectivity index (χ2v) is 4.56. The highest BCUT2D eigenvalue weighted by Crippen LogP contribution is 2.14. The number of nitrogens with one attached hydrogen (secondary N) is 1. The van der Waals surface area contributed by atoms with Crippen LogP contribution in [0.5, 0.6) is 0 Å². The van der Waals surface area contributed by atoms with Crippen LogP contribution in [-0.2, 0) is 4.79 Å². The Morgan fingerprint density at radius 1 is 1.37 bits per heavy atom. The van der Waals surface area contributed by atoms with Gasteiger partial charge in [0.15, 0.2) is 0 Å². The maximum absolute atomic E-state index is 13.2. The van der Waals surface area contributed by atoms with Crippen LogP contribution in [0.1, 0.15) is 19.4 Å². The average molecular weight is 268 g/mol. The van der Waals surface area contributed by atoms with E-state index in [1.54, 1.807) is 26.8 Å². The van der Waals surface area contributed by atoms with Gasteiger partial charge in [-0.3, -0.25) is 4.79 Å². The molecular formula is C13H17FN2O3. The van der Waals surface area contributed by atoms with E-state index in [0.29, 0.717) is 11.3 Å². The fourth-order valence-electron chi connectivity index (χ4n) is 1.64. The molecule has 0 aliphatic rings. The first-order chi connectivity index (χ1) is 8.79. The molecule has 104 valence electrons. The van der Waals surface area contributed by atoms with Crippen LogP contribution >= 0.6 is 0 Å². The minimum absolute atomic E-state index is 0.272. The summed E-state index contributed by atoms with van der Waals surface area (Å²) in [5.74, 6) is -1.55. The van der Waals surface area contributed by atoms with Crippen LogP contribution < -0.4 is 5.32 Å². The third kappa shape index (κ3) is 4.57. The van der Waals surface area contributed by atoms with Crippen molar-refractivity contribution in [2.24, 2.45) is 0 Å². The molecule has 0 aliphatic carbocycles. The average Bonchev–Trinajstić information content (AvgIpc) is 2.23. The molecule has 0 aliphatic heterocycles. The number of benzene rings is 1. The maximum atomic E-state index is 13.2. The van der Waals surface area contributed by atoms with Gasteiger partial charge in [-0.1, -0.05) is 0 Å². The van der Waals surface area contributed by atoms with E-state index in [9.17, 15) is 14.0 Å². The van der Waals surface area contributed by atoms with Crippen molar-refractivity contribution in [3.05, 3.63) is 29.6 Å². The number of hydrogen-bond donors (Lipinski definition) is 2. The zero-order valence-corrected chi connectivity index (χ0v) is 11.1. The summed E-state index contributed by atoms with van der Waals surface area (Å²) in [6.07, 6.45) is 0. The van der Waals surface area contributed by atoms with Crippen LogP contribution in [0.25, 0.3) is 0 Å². The third-order valence-corrected chi connectivity index (χ3v) is 2.48. The lowest BCUT2D eigenvalue weighted by Crippen LogP contribution is -2.43. The fourth-order valence-corrected chi connectivity index (χ4v) is 1.64. The van der Waals surface area contributed by atoms with E-state index in [0.717, 1.165) is 4.90 Å². The van der Waals surface area contributed by atoms with Gasteiger partial charge in [0.25, 0.3) is 0 Å². The molecule has 6 heteroatoms. The van der Waals surface area contributed by atoms with Crippen molar-refractivity contribution < 1.29 is 19.1 Å². The molecule has 0 atom stereocenters. The molecule has 0 unspecified atom stereocenters. The van der Waals surface area contributed by atoms with Crippen molar-refractivity contribution in [2.45, 2.75) is 26.8 Å². The van der Waals surface area contributed by atoms with Gasteiger partial charge in [0.1, 0.15) is 12.4 Å². The Kier molecular flexibility index (Phi) is 4.86. The highest BCUT2D eigenvalue weighted by atomic mass is 19.1. The SMILES string of the molecule is Cc1cc(F)cc(NC(=O)N(CC(=O)O)C(C)C)c1. The smallest absolute Gasteiger partial charge is 0.323 e. The number of carbonyl (C=O) groups is 2. The highest BCUT2D eigenvalue weighted by Gasteiger charge is 2.20. The van der Waals surface area contributed by atoms with Crippen LogP contribution in [0, 0.1) is 12.7 Å². The van der Waals surface area contributed by atoms with Crippen LogP contribution in [0.15, 0.2) is 18.2 Å². The summed E-state index contributed by atoms with van der Waals surface area (Å²) in [6, 6.07) is 3.30. The number of aliphatic carboxylic acids is 1. The second-order valence-electron chi connectivity index (χ2n) is 4.56. The Bertz CT molecular complexity index is 469. The van der Waals surface area contributed by atoms with Crippen molar-refractivity contribution in [3.8, 4) is 0 Å². The van der Waals surface area contributed by atoms with Gasteiger partial charge >= 0.3 is 12.0 Å². The number of carboxylic acids is 1. The first-order valence-electron chi connectivity index (χ1n) is 5.86. The summed E-state index contributed by atoms with van der Waals surface area (Å²) >= 11 is 0. The van der Waals surface area contributed by atoms with Crippen LogP contribution in [0.2, 0.25) is 0 Å². The van der Waals surface area contributed by atoms with E-state index < -0.39 is 24.4 Å². The summed E-state index contributed by atoms with van der Waals surface area (Å²) in [5.41, 5.74) is 0.975. The lowest BCUT2D eigenvalue weighted by Gasteiger charge is -2.25. The Labute approximate surface area is 111 Å². The summed E-state index contributed by atoms with van der Waals surface area (Å²) in [7, 11) is 0. The second kappa shape index (κ2) is 6.17. The molecule has 0 heterocycles. The molecule has 5 nitrogen and oxygen atoms in total. The van der Waals surface area contributed by atoms with E-state index in [4.69, 9.17) is 5.11 Å². The van der Waals surface area contributed by atoms with Crippen LogP contribution in [0.3, 0.4) is 0 Å². The van der Waals surface area contributed by atoms with E-state index in [1.165, 1.54) is 12.1 Å². The van der Waals surface area contributed by atoms with Gasteiger partial charge in [0, 0.05) is 11.7 Å². The molecule has 2 N–H and O–H groups in total. The number of halogens is 1. The molecule has 0 saturated carbocycles. The number of hydrogen-bond acceptors (Lipinski definition) is 2. The molecule has 0 fully saturated rings. The molecule has 0 spiro atoms. The van der Waals surface area contributed by atoms with E-state index in [1.807, 2.05) is 0 Å². The van der Waals surface area contributed by atoms with Crippen molar-refractivity contribution in [3.63, 3.8) is 0 Å². The van der Waals surface area contributed by atoms with Crippen LogP contribution in [-0.4, -0.2) is 34.6 Å². The predicted octanol–water partition coefficient (Wildman–Crippen LogP) is 2.46. The van der Waals surface area contributed by atoms with Crippen molar-refractivity contribution >= 4 is 17.7 Å². The Morgan fingerprint density at radius 3 is 2.47 bits per heavy atom. The van der Waals surface area contributed by atoms with E-state index in [2.05, 4.69) is 5.32 Å². The van der Waals surface area contributed by atoms with Crippen LogP contribution in [0.4, 0.5) is 14.9 Å². The molecule has 0 bridgehead atoms. The Morgan fingerprint density at radius 2 is 2.00 bits per heavy atom. The van der Waals surface area contributed by atoms with Gasteiger partial charge in [-0.25, -0.2) is 9.18 Å². The molecule has 1 rings (SSSR count). The Balaban J connectivity index is 2.83. The van der Waals surface area contributed by atoms with Gasteiger partial charge < -0.3 is 15.3 Å². The number of carbonyl (C=O) groups excluding carboxylic acids is 1. The molecule has 1 aromatic carbocycles. The van der Waals surface area contributed by atoms with Crippen molar-refractivity contribution in [1.29, 1.82) is 0 Å². The summed E-state index contributed by atoms with van der Waals surface area (Å²) in [4.78, 5) is 23.8. The molecule has 0 radical (unpaired) electrons. The molecule has 0 saturated heterocycles. The standard InChI is InChI=1S/C13H17FN2O3/c1-8(2)16(7-12(17)18)13(19)15-11-5-9(3)4-10(14)6-11/h4-6,8H,7H2,1-3H3,(H,15,19)(H,17,18). The largest absolute Gasteiger partial charge is 0.480 e. The quantitative estimate of drug-likeness (QED) is 0.881. The van der Waals surface area contributed by atoms with Gasteiger partial charge in [-0.2, -0.15) is 0 Å². The number of carboxylic acid groups (broad SMARTS) is 1. The van der Waals surface area contributed by atoms with Crippen molar-refractivity contribution in [1.82, 2.24) is 4.90 Å². The normalized spacial score (nSPS) is 10.4. The third-order valence-electron chi connectivity index (χ3n) is 2.48.